The number of ether oxygens (including phenoxy) is 3. The molecule has 0 unspecified atom stereocenters. The molecule has 0 fully saturated rings. The van der Waals surface area contributed by atoms with E-state index in [4.69, 9.17) is 14.2 Å². The van der Waals surface area contributed by atoms with Crippen LogP contribution in [0, 0.1) is 6.92 Å². The summed E-state index contributed by atoms with van der Waals surface area (Å²) < 4.78 is 18.4. The molecule has 0 bridgehead atoms. The predicted octanol–water partition coefficient (Wildman–Crippen LogP) is 3.13. The van der Waals surface area contributed by atoms with Crippen molar-refractivity contribution in [3.05, 3.63) is 87.1 Å². The van der Waals surface area contributed by atoms with Gasteiger partial charge in [-0.15, -0.1) is 0 Å². The average Bonchev–Trinajstić information content (AvgIpc) is 2.87. The molecular formula is C26H25N3O6. The number of nitrogens with one attached hydrogen (secondary N) is 1. The Labute approximate surface area is 201 Å². The Hall–Kier alpha value is -4.53. The minimum Gasteiger partial charge on any atom is -0.493 e. The van der Waals surface area contributed by atoms with E-state index in [1.807, 2.05) is 19.1 Å². The molecule has 0 spiro atoms. The molecule has 4 rings (SSSR count). The number of rotatable bonds is 7. The molecule has 35 heavy (non-hydrogen) atoms. The summed E-state index contributed by atoms with van der Waals surface area (Å²) in [5.74, 6) is 0.483. The van der Waals surface area contributed by atoms with Crippen molar-refractivity contribution in [2.24, 2.45) is 0 Å². The molecule has 1 aromatic heterocycles. The zero-order valence-electron chi connectivity index (χ0n) is 19.8. The number of nitrogens with zero attached hydrogens (tertiary/aromatic N) is 2. The number of anilines is 1. The van der Waals surface area contributed by atoms with Gasteiger partial charge in [0.25, 0.3) is 5.56 Å². The van der Waals surface area contributed by atoms with Crippen LogP contribution in [0.15, 0.2) is 70.3 Å². The summed E-state index contributed by atoms with van der Waals surface area (Å²) in [5, 5.41) is 3.07. The molecule has 1 amide bonds. The highest BCUT2D eigenvalue weighted by molar-refractivity contribution is 5.91. The zero-order chi connectivity index (χ0) is 25.1. The summed E-state index contributed by atoms with van der Waals surface area (Å²) in [6, 6.07) is 17.0. The Morgan fingerprint density at radius 3 is 2.11 bits per heavy atom. The molecule has 0 aliphatic rings. The highest BCUT2D eigenvalue weighted by Crippen LogP contribution is 2.38. The molecule has 0 radical (unpaired) electrons. The van der Waals surface area contributed by atoms with E-state index in [-0.39, 0.29) is 29.1 Å². The van der Waals surface area contributed by atoms with Crippen molar-refractivity contribution in [3.8, 4) is 22.9 Å². The minimum absolute atomic E-state index is 0.216. The van der Waals surface area contributed by atoms with Gasteiger partial charge in [-0.3, -0.25) is 14.2 Å². The first-order valence-electron chi connectivity index (χ1n) is 10.8. The van der Waals surface area contributed by atoms with Crippen LogP contribution in [0.3, 0.4) is 0 Å². The Morgan fingerprint density at radius 2 is 1.51 bits per heavy atom. The van der Waals surface area contributed by atoms with E-state index in [1.54, 1.807) is 36.4 Å². The number of benzene rings is 3. The maximum Gasteiger partial charge on any atom is 0.336 e. The van der Waals surface area contributed by atoms with E-state index in [2.05, 4.69) is 5.32 Å². The molecule has 0 saturated carbocycles. The molecule has 180 valence electrons. The summed E-state index contributed by atoms with van der Waals surface area (Å²) in [5.41, 5.74) is 1.02. The number of amides is 1. The molecule has 1 heterocycles. The fourth-order valence-electron chi connectivity index (χ4n) is 3.88. The smallest absolute Gasteiger partial charge is 0.336 e. The van der Waals surface area contributed by atoms with E-state index in [0.717, 1.165) is 10.1 Å². The van der Waals surface area contributed by atoms with Crippen LogP contribution in [0.2, 0.25) is 0 Å². The maximum absolute atomic E-state index is 13.6. The number of carbonyl (C=O) groups is 1. The van der Waals surface area contributed by atoms with Crippen LogP contribution in [-0.4, -0.2) is 36.4 Å². The van der Waals surface area contributed by atoms with Crippen molar-refractivity contribution in [3.63, 3.8) is 0 Å². The lowest BCUT2D eigenvalue weighted by molar-refractivity contribution is -0.116. The number of carbonyl (C=O) groups excluding carboxylic acids is 1. The van der Waals surface area contributed by atoms with Crippen molar-refractivity contribution in [2.45, 2.75) is 13.5 Å². The Kier molecular flexibility index (Phi) is 6.59. The van der Waals surface area contributed by atoms with Gasteiger partial charge in [0.2, 0.25) is 11.7 Å². The largest absolute Gasteiger partial charge is 0.493 e. The zero-order valence-corrected chi connectivity index (χ0v) is 19.8. The van der Waals surface area contributed by atoms with Crippen LogP contribution >= 0.6 is 0 Å². The number of hydrogen-bond acceptors (Lipinski definition) is 6. The molecule has 4 aromatic rings. The second-order valence-electron chi connectivity index (χ2n) is 7.82. The highest BCUT2D eigenvalue weighted by atomic mass is 16.5. The van der Waals surface area contributed by atoms with Gasteiger partial charge in [-0.25, -0.2) is 9.36 Å². The molecular weight excluding hydrogens is 450 g/mol. The van der Waals surface area contributed by atoms with E-state index in [0.29, 0.717) is 17.0 Å². The van der Waals surface area contributed by atoms with Gasteiger partial charge < -0.3 is 19.5 Å². The molecule has 0 aliphatic carbocycles. The van der Waals surface area contributed by atoms with Gasteiger partial charge >= 0.3 is 5.69 Å². The van der Waals surface area contributed by atoms with Gasteiger partial charge in [0.05, 0.1) is 37.9 Å². The summed E-state index contributed by atoms with van der Waals surface area (Å²) in [6.07, 6.45) is 0. The van der Waals surface area contributed by atoms with E-state index >= 15 is 0 Å². The Bertz CT molecular complexity index is 1490. The summed E-state index contributed by atoms with van der Waals surface area (Å²) in [4.78, 5) is 39.9. The number of aryl methyl sites for hydroxylation is 1. The first kappa shape index (κ1) is 23.6. The Balaban J connectivity index is 1.88. The van der Waals surface area contributed by atoms with Gasteiger partial charge in [0.15, 0.2) is 11.5 Å². The standard InChI is InChI=1S/C26H25N3O6/c1-16-9-11-17(12-10-16)27-23(30)15-28-20-8-6-5-7-19(20)25(31)29(26(28)32)18-13-21(33-2)24(35-4)22(14-18)34-3/h5-14H,15H2,1-4H3,(H,27,30). The van der Waals surface area contributed by atoms with Gasteiger partial charge in [0.1, 0.15) is 6.54 Å². The fraction of sp³-hybridized carbons (Fsp3) is 0.192. The molecule has 9 heteroatoms. The van der Waals surface area contributed by atoms with Crippen LogP contribution < -0.4 is 30.8 Å². The van der Waals surface area contributed by atoms with Crippen LogP contribution in [0.25, 0.3) is 16.6 Å². The third-order valence-electron chi connectivity index (χ3n) is 5.60. The third-order valence-corrected chi connectivity index (χ3v) is 5.60. The molecule has 0 aliphatic heterocycles. The van der Waals surface area contributed by atoms with E-state index < -0.39 is 17.2 Å². The van der Waals surface area contributed by atoms with Gasteiger partial charge in [-0.1, -0.05) is 29.8 Å². The first-order chi connectivity index (χ1) is 16.9. The van der Waals surface area contributed by atoms with Crippen LogP contribution in [0.4, 0.5) is 5.69 Å². The van der Waals surface area contributed by atoms with E-state index in [1.165, 1.54) is 38.0 Å². The van der Waals surface area contributed by atoms with Crippen LogP contribution in [0.1, 0.15) is 5.56 Å². The van der Waals surface area contributed by atoms with Gasteiger partial charge in [0, 0.05) is 17.8 Å². The summed E-state index contributed by atoms with van der Waals surface area (Å²) in [6.45, 7) is 1.65. The summed E-state index contributed by atoms with van der Waals surface area (Å²) >= 11 is 0. The molecule has 1 N–H and O–H groups in total. The maximum atomic E-state index is 13.6. The fourth-order valence-corrected chi connectivity index (χ4v) is 3.88. The average molecular weight is 476 g/mol. The lowest BCUT2D eigenvalue weighted by atomic mass is 10.2. The monoisotopic (exact) mass is 475 g/mol. The lowest BCUT2D eigenvalue weighted by Gasteiger charge is -2.17. The number of aromatic nitrogens is 2. The Morgan fingerprint density at radius 1 is 0.886 bits per heavy atom. The van der Waals surface area contributed by atoms with Crippen LogP contribution in [0.5, 0.6) is 17.2 Å². The summed E-state index contributed by atoms with van der Waals surface area (Å²) in [7, 11) is 4.35. The van der Waals surface area contributed by atoms with Crippen molar-refractivity contribution in [1.82, 2.24) is 9.13 Å². The first-order valence-corrected chi connectivity index (χ1v) is 10.8. The highest BCUT2D eigenvalue weighted by Gasteiger charge is 2.20. The molecule has 3 aromatic carbocycles. The van der Waals surface area contributed by atoms with Crippen molar-refractivity contribution < 1.29 is 19.0 Å². The number of fused-ring (bicyclic) bond motifs is 1. The SMILES string of the molecule is COc1cc(-n2c(=O)c3ccccc3n(CC(=O)Nc3ccc(C)cc3)c2=O)cc(OC)c1OC. The predicted molar refractivity (Wildman–Crippen MR) is 133 cm³/mol. The second kappa shape index (κ2) is 9.76. The third kappa shape index (κ3) is 4.48. The molecule has 0 atom stereocenters. The number of methoxy groups -OCH3 is 3. The van der Waals surface area contributed by atoms with Gasteiger partial charge in [-0.2, -0.15) is 0 Å². The topological polar surface area (TPSA) is 101 Å². The molecule has 9 nitrogen and oxygen atoms in total. The van der Waals surface area contributed by atoms with Gasteiger partial charge in [-0.05, 0) is 31.2 Å². The quantitative estimate of drug-likeness (QED) is 0.441. The lowest BCUT2D eigenvalue weighted by Crippen LogP contribution is -2.40. The normalized spacial score (nSPS) is 10.7. The second-order valence-corrected chi connectivity index (χ2v) is 7.82. The molecule has 0 saturated heterocycles. The van der Waals surface area contributed by atoms with Crippen molar-refractivity contribution in [1.29, 1.82) is 0 Å². The van der Waals surface area contributed by atoms with Crippen molar-refractivity contribution in [2.75, 3.05) is 26.6 Å². The van der Waals surface area contributed by atoms with E-state index in [9.17, 15) is 14.4 Å². The number of hydrogen-bond donors (Lipinski definition) is 1. The van der Waals surface area contributed by atoms with Crippen LogP contribution in [-0.2, 0) is 11.3 Å². The number of para-hydroxylation sites is 1. The van der Waals surface area contributed by atoms with Crippen molar-refractivity contribution >= 4 is 22.5 Å². The minimum atomic E-state index is -0.679.